The summed E-state index contributed by atoms with van der Waals surface area (Å²) in [6.45, 7) is 9.60. The van der Waals surface area contributed by atoms with Gasteiger partial charge in [-0.1, -0.05) is 38.1 Å². The maximum Gasteiger partial charge on any atom is 0.261 e. The van der Waals surface area contributed by atoms with Crippen LogP contribution in [-0.2, 0) is 13.0 Å². The fourth-order valence-electron chi connectivity index (χ4n) is 4.38. The molecule has 23 heavy (non-hydrogen) atoms. The molecule has 1 amide bonds. The Morgan fingerprint density at radius 2 is 2.04 bits per heavy atom. The van der Waals surface area contributed by atoms with Crippen molar-refractivity contribution in [2.75, 3.05) is 0 Å². The Hall–Kier alpha value is -1.61. The minimum Gasteiger partial charge on any atom is -0.347 e. The van der Waals surface area contributed by atoms with Crippen molar-refractivity contribution < 1.29 is 4.79 Å². The molecule has 0 spiro atoms. The third-order valence-electron chi connectivity index (χ3n) is 5.93. The number of thiophene rings is 1. The van der Waals surface area contributed by atoms with Gasteiger partial charge in [0.25, 0.3) is 5.91 Å². The van der Waals surface area contributed by atoms with E-state index in [0.717, 1.165) is 17.2 Å². The number of amides is 1. The van der Waals surface area contributed by atoms with E-state index in [1.807, 2.05) is 12.1 Å². The molecule has 0 radical (unpaired) electrons. The minimum absolute atomic E-state index is 0.0988. The molecule has 0 aliphatic heterocycles. The standard InChI is InChI=1S/C20H23NOS/c1-11-7-5-6-8-13(11)10-21-19(22)18-14-9-15-17(20(15,3)4)16(14)12(2)23-18/h5-8,15,17H,9-10H2,1-4H3,(H,21,22)/t15-,17-/m0/s1. The van der Waals surface area contributed by atoms with E-state index in [-0.39, 0.29) is 5.91 Å². The van der Waals surface area contributed by atoms with Crippen LogP contribution in [-0.4, -0.2) is 5.91 Å². The second-order valence-corrected chi connectivity index (χ2v) is 8.82. The van der Waals surface area contributed by atoms with Gasteiger partial charge in [0, 0.05) is 11.4 Å². The van der Waals surface area contributed by atoms with Crippen LogP contribution >= 0.6 is 11.3 Å². The highest BCUT2D eigenvalue weighted by Crippen LogP contribution is 2.71. The zero-order chi connectivity index (χ0) is 16.4. The molecule has 2 nitrogen and oxygen atoms in total. The molecule has 1 N–H and O–H groups in total. The summed E-state index contributed by atoms with van der Waals surface area (Å²) >= 11 is 1.68. The lowest BCUT2D eigenvalue weighted by Crippen LogP contribution is -2.23. The molecule has 1 aromatic carbocycles. The fraction of sp³-hybridized carbons (Fsp3) is 0.450. The highest BCUT2D eigenvalue weighted by atomic mass is 32.1. The lowest BCUT2D eigenvalue weighted by Gasteiger charge is -2.11. The number of fused-ring (bicyclic) bond motifs is 3. The molecule has 2 aliphatic rings. The van der Waals surface area contributed by atoms with Crippen LogP contribution in [0.4, 0.5) is 0 Å². The molecule has 1 fully saturated rings. The molecule has 2 atom stereocenters. The van der Waals surface area contributed by atoms with Crippen LogP contribution in [0, 0.1) is 25.2 Å². The van der Waals surface area contributed by atoms with Gasteiger partial charge in [-0.2, -0.15) is 0 Å². The summed E-state index contributed by atoms with van der Waals surface area (Å²) in [6.07, 6.45) is 1.09. The first-order valence-corrected chi connectivity index (χ1v) is 9.17. The largest absolute Gasteiger partial charge is 0.347 e. The third-order valence-corrected chi connectivity index (χ3v) is 7.09. The number of hydrogen-bond acceptors (Lipinski definition) is 2. The SMILES string of the molecule is Cc1ccccc1CNC(=O)c1sc(C)c2c1C[C@H]1[C@@H]2C1(C)C. The smallest absolute Gasteiger partial charge is 0.261 e. The van der Waals surface area contributed by atoms with Crippen molar-refractivity contribution in [3.05, 3.63) is 56.3 Å². The molecule has 2 aliphatic carbocycles. The predicted octanol–water partition coefficient (Wildman–Crippen LogP) is 4.59. The van der Waals surface area contributed by atoms with Crippen molar-refractivity contribution in [3.8, 4) is 0 Å². The van der Waals surface area contributed by atoms with Gasteiger partial charge < -0.3 is 5.32 Å². The van der Waals surface area contributed by atoms with Crippen LogP contribution in [0.25, 0.3) is 0 Å². The molecule has 4 rings (SSSR count). The van der Waals surface area contributed by atoms with Crippen LogP contribution in [0.1, 0.15) is 56.6 Å². The normalized spacial score (nSPS) is 23.3. The number of carbonyl (C=O) groups excluding carboxylic acids is 1. The van der Waals surface area contributed by atoms with Gasteiger partial charge in [-0.05, 0) is 59.8 Å². The molecule has 0 saturated heterocycles. The summed E-state index contributed by atoms with van der Waals surface area (Å²) in [7, 11) is 0. The van der Waals surface area contributed by atoms with Gasteiger partial charge in [-0.15, -0.1) is 11.3 Å². The van der Waals surface area contributed by atoms with Gasteiger partial charge in [-0.25, -0.2) is 0 Å². The minimum atomic E-state index is 0.0988. The zero-order valence-corrected chi connectivity index (χ0v) is 15.0. The van der Waals surface area contributed by atoms with Crippen molar-refractivity contribution in [1.82, 2.24) is 5.32 Å². The average molecular weight is 325 g/mol. The Bertz CT molecular complexity index is 802. The van der Waals surface area contributed by atoms with Crippen LogP contribution in [0.3, 0.4) is 0 Å². The first kappa shape index (κ1) is 14.9. The van der Waals surface area contributed by atoms with Gasteiger partial charge in [0.2, 0.25) is 0 Å². The van der Waals surface area contributed by atoms with E-state index in [0.29, 0.717) is 17.9 Å². The van der Waals surface area contributed by atoms with Crippen LogP contribution in [0.15, 0.2) is 24.3 Å². The van der Waals surface area contributed by atoms with E-state index in [9.17, 15) is 4.79 Å². The summed E-state index contributed by atoms with van der Waals surface area (Å²) in [4.78, 5) is 15.0. The van der Waals surface area contributed by atoms with E-state index in [4.69, 9.17) is 0 Å². The number of hydrogen-bond donors (Lipinski definition) is 1. The second kappa shape index (κ2) is 4.94. The highest BCUT2D eigenvalue weighted by Gasteiger charge is 2.63. The Morgan fingerprint density at radius 1 is 1.30 bits per heavy atom. The van der Waals surface area contributed by atoms with Crippen molar-refractivity contribution in [1.29, 1.82) is 0 Å². The first-order chi connectivity index (χ1) is 10.9. The summed E-state index contributed by atoms with van der Waals surface area (Å²) in [6, 6.07) is 8.22. The van der Waals surface area contributed by atoms with Gasteiger partial charge >= 0.3 is 0 Å². The lowest BCUT2D eigenvalue weighted by atomic mass is 9.95. The molecule has 0 unspecified atom stereocenters. The Labute approximate surface area is 141 Å². The fourth-order valence-corrected chi connectivity index (χ4v) is 5.53. The lowest BCUT2D eigenvalue weighted by molar-refractivity contribution is 0.0954. The van der Waals surface area contributed by atoms with E-state index < -0.39 is 0 Å². The maximum absolute atomic E-state index is 12.7. The molecule has 3 heteroatoms. The molecule has 0 bridgehead atoms. The van der Waals surface area contributed by atoms with Gasteiger partial charge in [0.15, 0.2) is 0 Å². The Morgan fingerprint density at radius 3 is 2.78 bits per heavy atom. The third kappa shape index (κ3) is 2.17. The van der Waals surface area contributed by atoms with Gasteiger partial charge in [0.1, 0.15) is 0 Å². The monoisotopic (exact) mass is 325 g/mol. The summed E-state index contributed by atoms with van der Waals surface area (Å²) < 4.78 is 0. The zero-order valence-electron chi connectivity index (χ0n) is 14.2. The van der Waals surface area contributed by atoms with Crippen LogP contribution in [0.2, 0.25) is 0 Å². The first-order valence-electron chi connectivity index (χ1n) is 8.36. The molecular weight excluding hydrogens is 302 g/mol. The predicted molar refractivity (Wildman–Crippen MR) is 95.1 cm³/mol. The summed E-state index contributed by atoms with van der Waals surface area (Å²) in [5.74, 6) is 1.54. The van der Waals surface area contributed by atoms with E-state index in [1.54, 1.807) is 11.3 Å². The quantitative estimate of drug-likeness (QED) is 0.878. The molecule has 120 valence electrons. The van der Waals surface area contributed by atoms with E-state index in [1.165, 1.54) is 27.1 Å². The summed E-state index contributed by atoms with van der Waals surface area (Å²) in [5.41, 5.74) is 5.68. The topological polar surface area (TPSA) is 29.1 Å². The molecule has 1 saturated carbocycles. The molecule has 2 aromatic rings. The average Bonchev–Trinajstić information content (AvgIpc) is 2.85. The van der Waals surface area contributed by atoms with Crippen molar-refractivity contribution >= 4 is 17.2 Å². The molecular formula is C20H23NOS. The maximum atomic E-state index is 12.7. The summed E-state index contributed by atoms with van der Waals surface area (Å²) in [5, 5.41) is 3.12. The number of benzene rings is 1. The van der Waals surface area contributed by atoms with E-state index in [2.05, 4.69) is 45.1 Å². The Balaban J connectivity index is 1.54. The van der Waals surface area contributed by atoms with Crippen molar-refractivity contribution in [2.24, 2.45) is 11.3 Å². The van der Waals surface area contributed by atoms with Crippen molar-refractivity contribution in [2.45, 2.75) is 46.6 Å². The number of aryl methyl sites for hydroxylation is 2. The van der Waals surface area contributed by atoms with Crippen LogP contribution < -0.4 is 5.32 Å². The highest BCUT2D eigenvalue weighted by molar-refractivity contribution is 7.14. The molecule has 1 aromatic heterocycles. The van der Waals surface area contributed by atoms with E-state index >= 15 is 0 Å². The second-order valence-electron chi connectivity index (χ2n) is 7.60. The van der Waals surface area contributed by atoms with Crippen molar-refractivity contribution in [3.63, 3.8) is 0 Å². The van der Waals surface area contributed by atoms with Crippen LogP contribution in [0.5, 0.6) is 0 Å². The van der Waals surface area contributed by atoms with Gasteiger partial charge in [-0.3, -0.25) is 4.79 Å². The number of carbonyl (C=O) groups is 1. The number of rotatable bonds is 3. The van der Waals surface area contributed by atoms with Gasteiger partial charge in [0.05, 0.1) is 4.88 Å². The Kier molecular flexibility index (Phi) is 3.21. The number of nitrogens with one attached hydrogen (secondary N) is 1. The molecule has 1 heterocycles.